The van der Waals surface area contributed by atoms with Crippen LogP contribution in [0.2, 0.25) is 0 Å². The molecule has 0 atom stereocenters. The summed E-state index contributed by atoms with van der Waals surface area (Å²) in [4.78, 5) is 0. The van der Waals surface area contributed by atoms with Crippen molar-refractivity contribution in [2.75, 3.05) is 7.11 Å². The fourth-order valence-corrected chi connectivity index (χ4v) is 1.59. The van der Waals surface area contributed by atoms with Crippen molar-refractivity contribution in [3.05, 3.63) is 29.8 Å². The molecule has 106 valence electrons. The number of hydrogen-bond acceptors (Lipinski definition) is 4. The largest absolute Gasteiger partial charge is 0.497 e. The number of hydrogen-bond donors (Lipinski definition) is 0. The SMILES string of the molecule is COc1ccc(C(C(C)=NF)(N(F)F)N(F)F)cc1. The maximum Gasteiger partial charge on any atom is 0.260 e. The smallest absolute Gasteiger partial charge is 0.260 e. The summed E-state index contributed by atoms with van der Waals surface area (Å²) >= 11 is 0. The van der Waals surface area contributed by atoms with Crippen molar-refractivity contribution in [3.8, 4) is 5.75 Å². The van der Waals surface area contributed by atoms with E-state index in [2.05, 4.69) is 0 Å². The minimum absolute atomic E-state index is 0.279. The molecule has 0 aromatic heterocycles. The van der Waals surface area contributed by atoms with Crippen LogP contribution in [0.25, 0.3) is 0 Å². The van der Waals surface area contributed by atoms with Gasteiger partial charge in [0.2, 0.25) is 0 Å². The first-order valence-electron chi connectivity index (χ1n) is 4.95. The van der Waals surface area contributed by atoms with Gasteiger partial charge in [-0.2, -0.15) is 0 Å². The Balaban J connectivity index is 3.45. The fraction of sp³-hybridized carbons (Fsp3) is 0.300. The second-order valence-electron chi connectivity index (χ2n) is 3.54. The maximum absolute atomic E-state index is 12.9. The third kappa shape index (κ3) is 2.51. The van der Waals surface area contributed by atoms with Crippen LogP contribution in [0.3, 0.4) is 0 Å². The summed E-state index contributed by atoms with van der Waals surface area (Å²) in [7, 11) is 1.32. The quantitative estimate of drug-likeness (QED) is 0.359. The van der Waals surface area contributed by atoms with Crippen molar-refractivity contribution in [2.24, 2.45) is 5.21 Å². The van der Waals surface area contributed by atoms with Crippen LogP contribution >= 0.6 is 0 Å². The predicted octanol–water partition coefficient (Wildman–Crippen LogP) is 3.34. The van der Waals surface area contributed by atoms with Crippen molar-refractivity contribution in [1.29, 1.82) is 0 Å². The normalized spacial score (nSPS) is 13.2. The Hall–Kier alpha value is -1.74. The Morgan fingerprint density at radius 1 is 1.11 bits per heavy atom. The third-order valence-electron chi connectivity index (χ3n) is 2.61. The summed E-state index contributed by atoms with van der Waals surface area (Å²) < 4.78 is 68.8. The average Bonchev–Trinajstić information content (AvgIpc) is 2.39. The number of rotatable bonds is 5. The molecular formula is C10H10F5N3O. The van der Waals surface area contributed by atoms with Crippen LogP contribution in [0, 0.1) is 0 Å². The van der Waals surface area contributed by atoms with Gasteiger partial charge in [-0.25, -0.2) is 0 Å². The average molecular weight is 283 g/mol. The first-order valence-corrected chi connectivity index (χ1v) is 4.95. The number of ether oxygens (including phenoxy) is 1. The van der Waals surface area contributed by atoms with Crippen LogP contribution in [0.5, 0.6) is 5.75 Å². The second-order valence-corrected chi connectivity index (χ2v) is 3.54. The Morgan fingerprint density at radius 2 is 1.58 bits per heavy atom. The fourth-order valence-electron chi connectivity index (χ4n) is 1.59. The molecule has 1 aromatic carbocycles. The molecule has 0 amide bonds. The van der Waals surface area contributed by atoms with Crippen LogP contribution in [0.1, 0.15) is 12.5 Å². The van der Waals surface area contributed by atoms with Crippen molar-refractivity contribution in [2.45, 2.75) is 12.6 Å². The summed E-state index contributed by atoms with van der Waals surface area (Å²) in [5.74, 6) is 0.279. The first-order chi connectivity index (χ1) is 8.91. The summed E-state index contributed by atoms with van der Waals surface area (Å²) in [6, 6.07) is 4.32. The van der Waals surface area contributed by atoms with Crippen molar-refractivity contribution < 1.29 is 27.1 Å². The number of halogens is 5. The van der Waals surface area contributed by atoms with Crippen LogP contribution in [-0.4, -0.2) is 23.5 Å². The minimum Gasteiger partial charge on any atom is -0.497 e. The molecule has 0 N–H and O–H groups in total. The summed E-state index contributed by atoms with van der Waals surface area (Å²) in [6.45, 7) is 0.725. The predicted molar refractivity (Wildman–Crippen MR) is 57.0 cm³/mol. The molecule has 9 heteroatoms. The zero-order valence-electron chi connectivity index (χ0n) is 9.95. The first kappa shape index (κ1) is 15.3. The van der Waals surface area contributed by atoms with Gasteiger partial charge in [0.15, 0.2) is 0 Å². The Bertz CT molecular complexity index is 441. The molecule has 0 aliphatic rings. The van der Waals surface area contributed by atoms with E-state index in [-0.39, 0.29) is 5.75 Å². The van der Waals surface area contributed by atoms with Crippen molar-refractivity contribution in [1.82, 2.24) is 10.7 Å². The second kappa shape index (κ2) is 5.93. The highest BCUT2D eigenvalue weighted by Gasteiger charge is 2.53. The van der Waals surface area contributed by atoms with Gasteiger partial charge in [0.25, 0.3) is 5.66 Å². The summed E-state index contributed by atoms with van der Waals surface area (Å²) in [5, 5.41) is -1.66. The number of nitrogens with zero attached hydrogens (tertiary/aromatic N) is 3. The minimum atomic E-state index is -3.39. The zero-order chi connectivity index (χ0) is 14.6. The van der Waals surface area contributed by atoms with Crippen molar-refractivity contribution in [3.63, 3.8) is 0 Å². The lowest BCUT2D eigenvalue weighted by Crippen LogP contribution is -2.51. The highest BCUT2D eigenvalue weighted by atomic mass is 19.4. The number of methoxy groups -OCH3 is 1. The van der Waals surface area contributed by atoms with Gasteiger partial charge in [0.05, 0.1) is 23.5 Å². The highest BCUT2D eigenvalue weighted by molar-refractivity contribution is 5.91. The van der Waals surface area contributed by atoms with E-state index in [0.29, 0.717) is 0 Å². The molecule has 0 saturated carbocycles. The molecule has 1 rings (SSSR count). The number of benzene rings is 1. The van der Waals surface area contributed by atoms with Crippen LogP contribution in [-0.2, 0) is 5.66 Å². The van der Waals surface area contributed by atoms with E-state index in [4.69, 9.17) is 4.74 Å². The molecule has 0 unspecified atom stereocenters. The van der Waals surface area contributed by atoms with Gasteiger partial charge in [-0.1, -0.05) is 39.8 Å². The van der Waals surface area contributed by atoms with Crippen molar-refractivity contribution >= 4 is 5.71 Å². The molecule has 0 fully saturated rings. The Kier molecular flexibility index (Phi) is 4.78. The molecule has 0 bridgehead atoms. The van der Waals surface area contributed by atoms with E-state index >= 15 is 0 Å². The van der Waals surface area contributed by atoms with Gasteiger partial charge in [0, 0.05) is 5.56 Å². The Morgan fingerprint density at radius 3 is 1.89 bits per heavy atom. The van der Waals surface area contributed by atoms with Crippen LogP contribution in [0.4, 0.5) is 22.4 Å². The molecule has 4 nitrogen and oxygen atoms in total. The topological polar surface area (TPSA) is 28.1 Å². The molecule has 19 heavy (non-hydrogen) atoms. The molecule has 0 radical (unpaired) electrons. The molecule has 0 heterocycles. The van der Waals surface area contributed by atoms with E-state index in [0.717, 1.165) is 19.1 Å². The van der Waals surface area contributed by atoms with E-state index in [9.17, 15) is 22.4 Å². The maximum atomic E-state index is 12.9. The standard InChI is InChI=1S/C10H10F5N3O/c1-7(16-11)10(17(12)13,18(14)15)8-3-5-9(19-2)6-4-8/h3-6H,1-2H3. The molecule has 0 aliphatic heterocycles. The van der Waals surface area contributed by atoms with Gasteiger partial charge < -0.3 is 4.74 Å². The molecule has 1 aromatic rings. The van der Waals surface area contributed by atoms with Gasteiger partial charge in [-0.05, 0) is 19.1 Å². The molecule has 0 spiro atoms. The molecule has 0 aliphatic carbocycles. The van der Waals surface area contributed by atoms with Gasteiger partial charge in [-0.3, -0.25) is 0 Å². The van der Waals surface area contributed by atoms with Crippen LogP contribution < -0.4 is 4.74 Å². The van der Waals surface area contributed by atoms with E-state index in [1.54, 1.807) is 0 Å². The summed E-state index contributed by atoms with van der Waals surface area (Å²) in [6.07, 6.45) is 0. The van der Waals surface area contributed by atoms with E-state index in [1.807, 2.05) is 5.21 Å². The van der Waals surface area contributed by atoms with Crippen LogP contribution in [0.15, 0.2) is 29.5 Å². The van der Waals surface area contributed by atoms with Gasteiger partial charge in [0.1, 0.15) is 5.75 Å². The lowest BCUT2D eigenvalue weighted by molar-refractivity contribution is -0.351. The van der Waals surface area contributed by atoms with E-state index in [1.165, 1.54) is 19.2 Å². The van der Waals surface area contributed by atoms with Gasteiger partial charge >= 0.3 is 0 Å². The highest BCUT2D eigenvalue weighted by Crippen LogP contribution is 2.37. The third-order valence-corrected chi connectivity index (χ3v) is 2.61. The monoisotopic (exact) mass is 283 g/mol. The summed E-state index contributed by atoms with van der Waals surface area (Å²) in [5.41, 5.74) is -5.07. The lowest BCUT2D eigenvalue weighted by Gasteiger charge is -2.31. The van der Waals surface area contributed by atoms with E-state index < -0.39 is 27.6 Å². The molecular weight excluding hydrogens is 273 g/mol. The lowest BCUT2D eigenvalue weighted by atomic mass is 9.96. The van der Waals surface area contributed by atoms with Gasteiger partial charge in [-0.15, -0.1) is 0 Å². The molecule has 0 saturated heterocycles. The zero-order valence-corrected chi connectivity index (χ0v) is 9.95. The Labute approximate surface area is 105 Å².